The van der Waals surface area contributed by atoms with E-state index < -0.39 is 0 Å². The van der Waals surface area contributed by atoms with E-state index in [1.807, 2.05) is 0 Å². The Kier molecular flexibility index (Phi) is 7.25. The Bertz CT molecular complexity index is 718. The molecule has 7 nitrogen and oxygen atoms in total. The minimum absolute atomic E-state index is 0.248. The van der Waals surface area contributed by atoms with E-state index in [1.165, 1.54) is 25.7 Å². The van der Waals surface area contributed by atoms with Gasteiger partial charge in [-0.2, -0.15) is 9.97 Å². The first kappa shape index (κ1) is 21.6. The summed E-state index contributed by atoms with van der Waals surface area (Å²) in [7, 11) is 0. The zero-order valence-electron chi connectivity index (χ0n) is 18.4. The Morgan fingerprint density at radius 3 is 2.50 bits per heavy atom. The molecule has 3 aliphatic heterocycles. The molecule has 2 N–H and O–H groups in total. The van der Waals surface area contributed by atoms with Gasteiger partial charge in [-0.1, -0.05) is 13.8 Å². The van der Waals surface area contributed by atoms with Crippen LogP contribution in [0, 0.1) is 11.8 Å². The number of hydrogen-bond acceptors (Lipinski definition) is 6. The molecule has 3 aliphatic rings. The van der Waals surface area contributed by atoms with Crippen molar-refractivity contribution in [1.29, 1.82) is 0 Å². The molecule has 30 heavy (non-hydrogen) atoms. The van der Waals surface area contributed by atoms with Gasteiger partial charge >= 0.3 is 0 Å². The third kappa shape index (κ3) is 5.72. The summed E-state index contributed by atoms with van der Waals surface area (Å²) in [5.74, 6) is 4.09. The van der Waals surface area contributed by atoms with E-state index in [2.05, 4.69) is 40.3 Å². The number of ether oxygens (including phenoxy) is 1. The molecule has 2 atom stereocenters. The largest absolute Gasteiger partial charge is 0.376 e. The van der Waals surface area contributed by atoms with E-state index in [9.17, 15) is 0 Å². The van der Waals surface area contributed by atoms with Gasteiger partial charge in [0.25, 0.3) is 0 Å². The maximum atomic E-state index is 5.67. The van der Waals surface area contributed by atoms with Gasteiger partial charge in [0.1, 0.15) is 11.6 Å². The smallest absolute Gasteiger partial charge is 0.232 e. The average Bonchev–Trinajstić information content (AvgIpc) is 3.26. The van der Waals surface area contributed by atoms with E-state index in [0.29, 0.717) is 17.0 Å². The van der Waals surface area contributed by atoms with Gasteiger partial charge in [0.15, 0.2) is 5.11 Å². The molecule has 166 valence electrons. The van der Waals surface area contributed by atoms with Crippen molar-refractivity contribution in [3.63, 3.8) is 0 Å². The number of piperidine rings is 2. The summed E-state index contributed by atoms with van der Waals surface area (Å²) in [6.07, 6.45) is 7.40. The van der Waals surface area contributed by atoms with Crippen LogP contribution in [-0.2, 0) is 4.74 Å². The summed E-state index contributed by atoms with van der Waals surface area (Å²) in [6, 6.07) is 2.17. The molecule has 0 saturated carbocycles. The van der Waals surface area contributed by atoms with Crippen molar-refractivity contribution in [2.75, 3.05) is 54.4 Å². The summed E-state index contributed by atoms with van der Waals surface area (Å²) < 4.78 is 5.67. The fraction of sp³-hybridized carbons (Fsp3) is 0.773. The number of rotatable bonds is 5. The quantitative estimate of drug-likeness (QED) is 0.686. The Morgan fingerprint density at radius 2 is 1.80 bits per heavy atom. The van der Waals surface area contributed by atoms with Crippen LogP contribution in [0.25, 0.3) is 0 Å². The molecular formula is C22H36N6OS. The molecule has 4 heterocycles. The number of anilines is 3. The highest BCUT2D eigenvalue weighted by Gasteiger charge is 2.23. The van der Waals surface area contributed by atoms with E-state index in [4.69, 9.17) is 26.9 Å². The van der Waals surface area contributed by atoms with E-state index in [-0.39, 0.29) is 6.10 Å². The van der Waals surface area contributed by atoms with E-state index in [0.717, 1.165) is 69.7 Å². The summed E-state index contributed by atoms with van der Waals surface area (Å²) >= 11 is 5.52. The first-order valence-corrected chi connectivity index (χ1v) is 12.0. The normalized spacial score (nSPS) is 25.4. The number of nitrogens with zero attached hydrogens (tertiary/aromatic N) is 4. The van der Waals surface area contributed by atoms with Crippen LogP contribution in [-0.4, -0.2) is 60.5 Å². The molecule has 0 aliphatic carbocycles. The molecule has 3 fully saturated rings. The van der Waals surface area contributed by atoms with Crippen LogP contribution < -0.4 is 20.4 Å². The molecule has 0 amide bonds. The Hall–Kier alpha value is -1.67. The van der Waals surface area contributed by atoms with Crippen LogP contribution in [0.5, 0.6) is 0 Å². The molecule has 0 bridgehead atoms. The lowest BCUT2D eigenvalue weighted by Gasteiger charge is -2.34. The molecule has 8 heteroatoms. The molecule has 3 saturated heterocycles. The highest BCUT2D eigenvalue weighted by Crippen LogP contribution is 2.28. The first-order chi connectivity index (χ1) is 14.6. The van der Waals surface area contributed by atoms with Gasteiger partial charge in [0, 0.05) is 45.4 Å². The number of hydrogen-bond donors (Lipinski definition) is 2. The fourth-order valence-electron chi connectivity index (χ4n) is 4.59. The lowest BCUT2D eigenvalue weighted by Crippen LogP contribution is -2.38. The Morgan fingerprint density at radius 1 is 1.03 bits per heavy atom. The van der Waals surface area contributed by atoms with Crippen LogP contribution in [0.3, 0.4) is 0 Å². The predicted octanol–water partition coefficient (Wildman–Crippen LogP) is 3.41. The minimum atomic E-state index is 0.248. The fourth-order valence-corrected chi connectivity index (χ4v) is 4.77. The van der Waals surface area contributed by atoms with Crippen molar-refractivity contribution in [3.05, 3.63) is 6.07 Å². The van der Waals surface area contributed by atoms with Gasteiger partial charge in [0.2, 0.25) is 5.95 Å². The standard InChI is InChI=1S/C22H36N6OS/c1-16-7-10-27(11-8-16)19-13-20(28-9-3-5-17(2)15-28)25-21(24-19)26-22(30)23-14-18-6-4-12-29-18/h13,16-18H,3-12,14-15H2,1-2H3,(H2,23,24,25,26,30)/t17-,18-/m0/s1. The molecule has 4 rings (SSSR count). The second kappa shape index (κ2) is 10.1. The molecular weight excluding hydrogens is 396 g/mol. The average molecular weight is 433 g/mol. The highest BCUT2D eigenvalue weighted by atomic mass is 32.1. The lowest BCUT2D eigenvalue weighted by atomic mass is 9.99. The maximum Gasteiger partial charge on any atom is 0.232 e. The number of nitrogens with one attached hydrogen (secondary N) is 2. The predicted molar refractivity (Wildman–Crippen MR) is 126 cm³/mol. The van der Waals surface area contributed by atoms with Crippen molar-refractivity contribution < 1.29 is 4.74 Å². The maximum absolute atomic E-state index is 5.67. The number of thiocarbonyl (C=S) groups is 1. The lowest BCUT2D eigenvalue weighted by molar-refractivity contribution is 0.114. The summed E-state index contributed by atoms with van der Waals surface area (Å²) in [4.78, 5) is 14.5. The Balaban J connectivity index is 1.48. The van der Waals surface area contributed by atoms with Gasteiger partial charge in [-0.3, -0.25) is 0 Å². The highest BCUT2D eigenvalue weighted by molar-refractivity contribution is 7.80. The topological polar surface area (TPSA) is 65.5 Å². The summed E-state index contributed by atoms with van der Waals surface area (Å²) in [5.41, 5.74) is 0. The monoisotopic (exact) mass is 432 g/mol. The van der Waals surface area contributed by atoms with Crippen LogP contribution in [0.4, 0.5) is 17.6 Å². The molecule has 0 spiro atoms. The first-order valence-electron chi connectivity index (χ1n) is 11.6. The van der Waals surface area contributed by atoms with Crippen LogP contribution in [0.2, 0.25) is 0 Å². The van der Waals surface area contributed by atoms with E-state index in [1.54, 1.807) is 0 Å². The third-order valence-electron chi connectivity index (χ3n) is 6.53. The van der Waals surface area contributed by atoms with Crippen LogP contribution in [0.15, 0.2) is 6.07 Å². The van der Waals surface area contributed by atoms with Crippen molar-refractivity contribution in [1.82, 2.24) is 15.3 Å². The van der Waals surface area contributed by atoms with Gasteiger partial charge in [-0.25, -0.2) is 0 Å². The summed E-state index contributed by atoms with van der Waals surface area (Å²) in [5, 5.41) is 7.07. The Labute approximate surface area is 186 Å². The van der Waals surface area contributed by atoms with Crippen molar-refractivity contribution in [3.8, 4) is 0 Å². The van der Waals surface area contributed by atoms with Gasteiger partial charge in [0.05, 0.1) is 6.10 Å². The van der Waals surface area contributed by atoms with Gasteiger partial charge < -0.3 is 25.2 Å². The molecule has 0 unspecified atom stereocenters. The van der Waals surface area contributed by atoms with E-state index >= 15 is 0 Å². The van der Waals surface area contributed by atoms with Crippen LogP contribution in [0.1, 0.15) is 52.4 Å². The van der Waals surface area contributed by atoms with Crippen molar-refractivity contribution >= 4 is 34.9 Å². The second-order valence-corrected chi connectivity index (χ2v) is 9.65. The van der Waals surface area contributed by atoms with Gasteiger partial charge in [-0.05, 0) is 62.6 Å². The van der Waals surface area contributed by atoms with Crippen LogP contribution >= 0.6 is 12.2 Å². The van der Waals surface area contributed by atoms with Crippen molar-refractivity contribution in [2.24, 2.45) is 11.8 Å². The third-order valence-corrected chi connectivity index (χ3v) is 6.77. The van der Waals surface area contributed by atoms with Gasteiger partial charge in [-0.15, -0.1) is 0 Å². The molecule has 1 aromatic heterocycles. The second-order valence-electron chi connectivity index (χ2n) is 9.24. The summed E-state index contributed by atoms with van der Waals surface area (Å²) in [6.45, 7) is 10.4. The van der Waals surface area contributed by atoms with Crippen molar-refractivity contribution in [2.45, 2.75) is 58.5 Å². The molecule has 0 aromatic carbocycles. The zero-order valence-corrected chi connectivity index (χ0v) is 19.2. The zero-order chi connectivity index (χ0) is 20.9. The molecule has 0 radical (unpaired) electrons. The number of aromatic nitrogens is 2. The molecule has 1 aromatic rings. The SMILES string of the molecule is CC1CCN(c2cc(N3CCC[C@H](C)C3)nc(NC(=S)NC[C@@H]3CCCO3)n2)CC1. The minimum Gasteiger partial charge on any atom is -0.376 e.